The summed E-state index contributed by atoms with van der Waals surface area (Å²) in [5.74, 6) is 0.334. The zero-order valence-corrected chi connectivity index (χ0v) is 40.3. The molecule has 70 heavy (non-hydrogen) atoms. The number of nitrogens with zero attached hydrogens (tertiary/aromatic N) is 7. The topological polar surface area (TPSA) is 313 Å². The zero-order valence-electron chi connectivity index (χ0n) is 35.5. The molecule has 0 aliphatic heterocycles. The van der Waals surface area contributed by atoms with Gasteiger partial charge in [0.05, 0.1) is 37.3 Å². The van der Waals surface area contributed by atoms with Crippen LogP contribution in [0.4, 0.5) is 55.9 Å². The second-order valence-corrected chi connectivity index (χ2v) is 20.4. The molecule has 1 atom stereocenters. The Morgan fingerprint density at radius 1 is 0.714 bits per heavy atom. The van der Waals surface area contributed by atoms with Crippen LogP contribution in [0.3, 0.4) is 0 Å². The summed E-state index contributed by atoms with van der Waals surface area (Å²) >= 11 is 5.64. The molecule has 1 unspecified atom stereocenters. The van der Waals surface area contributed by atoms with Gasteiger partial charge in [0.25, 0.3) is 20.2 Å². The van der Waals surface area contributed by atoms with Gasteiger partial charge in [0.2, 0.25) is 5.13 Å². The van der Waals surface area contributed by atoms with Gasteiger partial charge < -0.3 is 30.6 Å². The lowest BCUT2D eigenvalue weighted by molar-refractivity contribution is 0.481. The highest BCUT2D eigenvalue weighted by Gasteiger charge is 2.21. The summed E-state index contributed by atoms with van der Waals surface area (Å²) in [6.07, 6.45) is 0. The van der Waals surface area contributed by atoms with E-state index in [2.05, 4.69) is 48.0 Å². The van der Waals surface area contributed by atoms with E-state index >= 15 is 0 Å². The molecular formula is C44H32ClN11O9S5. The first-order chi connectivity index (χ1) is 33.5. The van der Waals surface area contributed by atoms with Gasteiger partial charge in [-0.2, -0.15) is 22.1 Å². The Morgan fingerprint density at radius 3 is 1.97 bits per heavy atom. The standard InChI is InChI=1S/C44H32ClN11O9S5/c1-24-36(23-46)41(47-28-8-14-31(15-9-28)68(58)59)50-42(48-27-6-12-30(67-57)13-7-27)39(24)54-56-44-49-40(25-2-4-26(45)5-3-25)43(66-44)55-53-37-20-21-38(35-22-33(70(63,64)65)18-19-34(35)37)52-51-29-10-16-32(17-11-29)69(60,61)62/h2-22,51-52,57H,1H3,(H,58,59)(H2,47,48,50)(H,60,61,62)(H,63,64,65)/b55-53+,56-54+. The van der Waals surface area contributed by atoms with Gasteiger partial charge in [0.1, 0.15) is 17.5 Å². The number of benzene rings is 6. The molecule has 0 aliphatic rings. The number of hydrazine groups is 1. The van der Waals surface area contributed by atoms with E-state index in [4.69, 9.17) is 21.6 Å². The molecule has 354 valence electrons. The number of anilines is 6. The quantitative estimate of drug-likeness (QED) is 0.0147. The first kappa shape index (κ1) is 49.2. The normalized spacial score (nSPS) is 12.3. The number of halogens is 1. The lowest BCUT2D eigenvalue weighted by atomic mass is 10.1. The lowest BCUT2D eigenvalue weighted by Crippen LogP contribution is -2.09. The minimum Gasteiger partial charge on any atom is -0.339 e. The van der Waals surface area contributed by atoms with Crippen molar-refractivity contribution in [2.75, 3.05) is 21.5 Å². The smallest absolute Gasteiger partial charge is 0.294 e. The number of fused-ring (bicyclic) bond motifs is 1. The maximum absolute atomic E-state index is 12.2. The number of hydrogen-bond acceptors (Lipinski definition) is 19. The molecule has 0 fully saturated rings. The van der Waals surface area contributed by atoms with Crippen molar-refractivity contribution < 1.29 is 39.3 Å². The molecule has 8 N–H and O–H groups in total. The summed E-state index contributed by atoms with van der Waals surface area (Å²) in [6, 6.07) is 34.0. The van der Waals surface area contributed by atoms with Crippen molar-refractivity contribution in [3.63, 3.8) is 0 Å². The maximum atomic E-state index is 12.2. The predicted molar refractivity (Wildman–Crippen MR) is 269 cm³/mol. The first-order valence-electron chi connectivity index (χ1n) is 19.8. The molecule has 0 aliphatic carbocycles. The largest absolute Gasteiger partial charge is 0.339 e. The molecule has 26 heteroatoms. The van der Waals surface area contributed by atoms with Gasteiger partial charge in [0, 0.05) is 55.2 Å². The number of hydrogen-bond donors (Lipinski definition) is 8. The van der Waals surface area contributed by atoms with Crippen molar-refractivity contribution >= 4 is 133 Å². The number of pyridine rings is 1. The van der Waals surface area contributed by atoms with Crippen molar-refractivity contribution in [3.8, 4) is 17.3 Å². The van der Waals surface area contributed by atoms with Gasteiger partial charge >= 0.3 is 0 Å². The van der Waals surface area contributed by atoms with E-state index in [0.717, 1.165) is 11.3 Å². The molecule has 0 bridgehead atoms. The van der Waals surface area contributed by atoms with E-state index in [-0.39, 0.29) is 53.9 Å². The summed E-state index contributed by atoms with van der Waals surface area (Å²) in [7, 11) is -9.07. The van der Waals surface area contributed by atoms with Crippen LogP contribution in [0.2, 0.25) is 5.02 Å². The van der Waals surface area contributed by atoms with Gasteiger partial charge in [-0.3, -0.25) is 9.11 Å². The van der Waals surface area contributed by atoms with E-state index < -0.39 is 36.2 Å². The Balaban J connectivity index is 1.17. The molecule has 2 heterocycles. The maximum Gasteiger partial charge on any atom is 0.294 e. The number of thiazole rings is 1. The fourth-order valence-corrected chi connectivity index (χ4v) is 9.05. The minimum atomic E-state index is -4.64. The Kier molecular flexibility index (Phi) is 14.6. The van der Waals surface area contributed by atoms with E-state index in [1.807, 2.05) is 0 Å². The van der Waals surface area contributed by atoms with Crippen molar-refractivity contribution in [2.24, 2.45) is 20.5 Å². The van der Waals surface area contributed by atoms with Crippen LogP contribution in [-0.2, 0) is 31.3 Å². The number of nitriles is 1. The van der Waals surface area contributed by atoms with Gasteiger partial charge in [-0.1, -0.05) is 41.1 Å². The number of rotatable bonds is 16. The molecule has 0 saturated carbocycles. The van der Waals surface area contributed by atoms with Gasteiger partial charge in [-0.15, -0.1) is 20.5 Å². The monoisotopic (exact) mass is 1050 g/mol. The average Bonchev–Trinajstić information content (AvgIpc) is 3.75. The van der Waals surface area contributed by atoms with E-state index in [1.165, 1.54) is 54.6 Å². The van der Waals surface area contributed by atoms with Crippen LogP contribution in [0, 0.1) is 18.3 Å². The molecule has 6 aromatic carbocycles. The average molecular weight is 1050 g/mol. The highest BCUT2D eigenvalue weighted by Crippen LogP contribution is 2.44. The number of nitrogens with one attached hydrogen (secondary N) is 4. The fraction of sp³-hybridized carbons (Fsp3) is 0.0227. The molecule has 20 nitrogen and oxygen atoms in total. The van der Waals surface area contributed by atoms with Crippen molar-refractivity contribution in [2.45, 2.75) is 26.5 Å². The zero-order chi connectivity index (χ0) is 49.7. The second kappa shape index (κ2) is 20.8. The Morgan fingerprint density at radius 2 is 1.34 bits per heavy atom. The van der Waals surface area contributed by atoms with Gasteiger partial charge in [-0.05, 0) is 116 Å². The highest BCUT2D eigenvalue weighted by molar-refractivity contribution is 7.93. The Hall–Kier alpha value is -7.22. The molecule has 0 amide bonds. The van der Waals surface area contributed by atoms with Crippen LogP contribution in [-0.4, -0.2) is 49.2 Å². The minimum absolute atomic E-state index is 0.119. The Labute approximate surface area is 414 Å². The molecule has 8 rings (SSSR count). The third-order valence-electron chi connectivity index (χ3n) is 10.0. The molecule has 2 aromatic heterocycles. The van der Waals surface area contributed by atoms with E-state index in [9.17, 15) is 44.5 Å². The molecule has 8 aromatic rings. The molecule has 0 spiro atoms. The lowest BCUT2D eigenvalue weighted by Gasteiger charge is -2.16. The summed E-state index contributed by atoms with van der Waals surface area (Å²) in [5, 5.41) is 36.4. The van der Waals surface area contributed by atoms with Gasteiger partial charge in [-0.25, -0.2) is 14.2 Å². The van der Waals surface area contributed by atoms with E-state index in [1.54, 1.807) is 79.7 Å². The van der Waals surface area contributed by atoms with Crippen LogP contribution in [0.15, 0.2) is 167 Å². The predicted octanol–water partition coefficient (Wildman–Crippen LogP) is 12.6. The fourth-order valence-electron chi connectivity index (χ4n) is 6.58. The summed E-state index contributed by atoms with van der Waals surface area (Å²) in [6.45, 7) is 1.67. The van der Waals surface area contributed by atoms with Crippen molar-refractivity contribution in [1.82, 2.24) is 9.97 Å². The summed E-state index contributed by atoms with van der Waals surface area (Å²) in [4.78, 5) is 9.52. The van der Waals surface area contributed by atoms with Crippen LogP contribution >= 0.6 is 35.0 Å². The SMILES string of the molecule is Cc1c(C#N)c(Nc2ccc(S(=O)O)cc2)nc(Nc2ccc(SO)cc2)c1/N=N/c1nc(-c2ccc(Cl)cc2)c(/N=N/c2ccc(NNc3ccc(S(=O)(=O)O)cc3)c3cc(S(=O)(=O)O)ccc23)s1. The number of aromatic nitrogens is 2. The second-order valence-electron chi connectivity index (χ2n) is 14.5. The molecule has 0 radical (unpaired) electrons. The summed E-state index contributed by atoms with van der Waals surface area (Å²) < 4.78 is 97.3. The van der Waals surface area contributed by atoms with Gasteiger partial charge in [0.15, 0.2) is 27.7 Å². The van der Waals surface area contributed by atoms with Crippen LogP contribution in [0.25, 0.3) is 22.0 Å². The Bertz CT molecular complexity index is 3650. The third-order valence-corrected chi connectivity index (χ3v) is 14.0. The highest BCUT2D eigenvalue weighted by atomic mass is 35.5. The number of azo groups is 2. The molecule has 0 saturated heterocycles. The van der Waals surface area contributed by atoms with Crippen LogP contribution in [0.1, 0.15) is 11.1 Å². The summed E-state index contributed by atoms with van der Waals surface area (Å²) in [5.41, 5.74) is 9.50. The third kappa shape index (κ3) is 11.4. The van der Waals surface area contributed by atoms with Crippen LogP contribution in [0.5, 0.6) is 0 Å². The van der Waals surface area contributed by atoms with Crippen molar-refractivity contribution in [3.05, 3.63) is 144 Å². The first-order valence-corrected chi connectivity index (χ1v) is 25.8. The van der Waals surface area contributed by atoms with Crippen molar-refractivity contribution in [1.29, 1.82) is 5.26 Å². The van der Waals surface area contributed by atoms with E-state index in [0.29, 0.717) is 66.9 Å². The molecular weight excluding hydrogens is 1020 g/mol. The van der Waals surface area contributed by atoms with Crippen LogP contribution < -0.4 is 21.5 Å².